The minimum Gasteiger partial charge on any atom is -0.316 e. The van der Waals surface area contributed by atoms with Crippen molar-refractivity contribution >= 4 is 10.0 Å². The molecule has 0 saturated carbocycles. The molecule has 122 valence electrons. The summed E-state index contributed by atoms with van der Waals surface area (Å²) in [6.45, 7) is 0.841. The van der Waals surface area contributed by atoms with Gasteiger partial charge >= 0.3 is 0 Å². The Kier molecular flexibility index (Phi) is 4.72. The van der Waals surface area contributed by atoms with Crippen LogP contribution >= 0.6 is 0 Å². The predicted molar refractivity (Wildman–Crippen MR) is 86.2 cm³/mol. The Morgan fingerprint density at radius 2 is 2.00 bits per heavy atom. The summed E-state index contributed by atoms with van der Waals surface area (Å²) in [4.78, 5) is 3.97. The highest BCUT2D eigenvalue weighted by Gasteiger charge is 2.29. The standard InChI is InChI=1S/C16H19N3O3S/c20-18-16(14-6-3-8-17-10-14)12-23(21,22)19-9-7-13-4-1-2-5-15(13)11-19/h1-6,8,10,16,18,20H,7,9,11-12H2. The lowest BCUT2D eigenvalue weighted by atomic mass is 10.0. The molecule has 1 aromatic heterocycles. The molecule has 1 atom stereocenters. The van der Waals surface area contributed by atoms with Gasteiger partial charge in [0.15, 0.2) is 0 Å². The molecule has 0 saturated heterocycles. The van der Waals surface area contributed by atoms with Gasteiger partial charge in [-0.05, 0) is 29.2 Å². The van der Waals surface area contributed by atoms with Gasteiger partial charge in [-0.15, -0.1) is 0 Å². The first kappa shape index (κ1) is 16.1. The molecule has 1 aliphatic heterocycles. The summed E-state index contributed by atoms with van der Waals surface area (Å²) in [5.74, 6) is -0.211. The molecule has 1 aromatic carbocycles. The summed E-state index contributed by atoms with van der Waals surface area (Å²) in [5, 5.41) is 9.34. The molecule has 3 rings (SSSR count). The zero-order valence-electron chi connectivity index (χ0n) is 12.6. The Hall–Kier alpha value is -1.80. The second-order valence-corrected chi connectivity index (χ2v) is 7.61. The number of nitrogens with zero attached hydrogens (tertiary/aromatic N) is 2. The number of hydrogen-bond acceptors (Lipinski definition) is 5. The van der Waals surface area contributed by atoms with Gasteiger partial charge in [0.05, 0.1) is 11.8 Å². The first-order valence-corrected chi connectivity index (χ1v) is 9.05. The molecular formula is C16H19N3O3S. The number of aromatic nitrogens is 1. The number of rotatable bonds is 5. The third-order valence-electron chi connectivity index (χ3n) is 4.11. The van der Waals surface area contributed by atoms with Crippen LogP contribution in [-0.4, -0.2) is 35.2 Å². The van der Waals surface area contributed by atoms with E-state index >= 15 is 0 Å². The summed E-state index contributed by atoms with van der Waals surface area (Å²) in [6.07, 6.45) is 3.86. The fraction of sp³-hybridized carbons (Fsp3) is 0.312. The van der Waals surface area contributed by atoms with E-state index in [4.69, 9.17) is 0 Å². The summed E-state index contributed by atoms with van der Waals surface area (Å²) in [7, 11) is -3.50. The first-order valence-electron chi connectivity index (χ1n) is 7.44. The number of pyridine rings is 1. The van der Waals surface area contributed by atoms with Crippen molar-refractivity contribution in [3.8, 4) is 0 Å². The summed E-state index contributed by atoms with van der Waals surface area (Å²) >= 11 is 0. The van der Waals surface area contributed by atoms with Crippen LogP contribution in [0.2, 0.25) is 0 Å². The molecule has 0 bridgehead atoms. The Morgan fingerprint density at radius 3 is 2.70 bits per heavy atom. The van der Waals surface area contributed by atoms with E-state index < -0.39 is 16.1 Å². The highest BCUT2D eigenvalue weighted by atomic mass is 32.2. The molecule has 2 N–H and O–H groups in total. The van der Waals surface area contributed by atoms with Gasteiger partial charge in [0.1, 0.15) is 0 Å². The average molecular weight is 333 g/mol. The van der Waals surface area contributed by atoms with E-state index in [1.54, 1.807) is 24.5 Å². The smallest absolute Gasteiger partial charge is 0.216 e. The molecule has 2 aromatic rings. The molecule has 7 heteroatoms. The third kappa shape index (κ3) is 3.59. The van der Waals surface area contributed by atoms with Crippen molar-refractivity contribution in [2.75, 3.05) is 12.3 Å². The number of benzene rings is 1. The Morgan fingerprint density at radius 1 is 1.22 bits per heavy atom. The van der Waals surface area contributed by atoms with Crippen molar-refractivity contribution in [2.24, 2.45) is 0 Å². The van der Waals surface area contributed by atoms with Gasteiger partial charge in [0.2, 0.25) is 10.0 Å². The number of fused-ring (bicyclic) bond motifs is 1. The fourth-order valence-corrected chi connectivity index (χ4v) is 4.42. The second-order valence-electron chi connectivity index (χ2n) is 5.60. The van der Waals surface area contributed by atoms with E-state index in [-0.39, 0.29) is 5.75 Å². The van der Waals surface area contributed by atoms with E-state index in [0.717, 1.165) is 5.56 Å². The van der Waals surface area contributed by atoms with Crippen LogP contribution in [0.15, 0.2) is 48.8 Å². The highest BCUT2D eigenvalue weighted by molar-refractivity contribution is 7.89. The quantitative estimate of drug-likeness (QED) is 0.810. The number of nitrogens with one attached hydrogen (secondary N) is 1. The van der Waals surface area contributed by atoms with Gasteiger partial charge in [-0.3, -0.25) is 4.98 Å². The Labute approximate surface area is 135 Å². The van der Waals surface area contributed by atoms with E-state index in [2.05, 4.69) is 10.5 Å². The van der Waals surface area contributed by atoms with E-state index in [9.17, 15) is 13.6 Å². The molecule has 2 heterocycles. The Balaban J connectivity index is 1.77. The largest absolute Gasteiger partial charge is 0.316 e. The van der Waals surface area contributed by atoms with Crippen LogP contribution in [0.5, 0.6) is 0 Å². The minimum atomic E-state index is -3.50. The minimum absolute atomic E-state index is 0.211. The third-order valence-corrected chi connectivity index (χ3v) is 5.96. The average Bonchev–Trinajstić information content (AvgIpc) is 2.60. The SMILES string of the molecule is O=S(=O)(CC(NO)c1cccnc1)N1CCc2ccccc2C1. The lowest BCUT2D eigenvalue weighted by Gasteiger charge is -2.29. The van der Waals surface area contributed by atoms with Crippen LogP contribution < -0.4 is 5.48 Å². The second kappa shape index (κ2) is 6.76. The molecule has 0 aliphatic carbocycles. The molecule has 1 unspecified atom stereocenters. The maximum atomic E-state index is 12.7. The van der Waals surface area contributed by atoms with Gasteiger partial charge in [0, 0.05) is 25.5 Å². The Bertz CT molecular complexity index is 765. The van der Waals surface area contributed by atoms with Crippen LogP contribution in [-0.2, 0) is 23.0 Å². The molecule has 0 spiro atoms. The zero-order valence-corrected chi connectivity index (χ0v) is 13.4. The van der Waals surface area contributed by atoms with Crippen molar-refractivity contribution < 1.29 is 13.6 Å². The number of hydroxylamine groups is 1. The van der Waals surface area contributed by atoms with E-state index in [1.807, 2.05) is 24.3 Å². The van der Waals surface area contributed by atoms with Crippen LogP contribution in [0.4, 0.5) is 0 Å². The maximum Gasteiger partial charge on any atom is 0.216 e. The molecule has 0 amide bonds. The fourth-order valence-electron chi connectivity index (χ4n) is 2.81. The van der Waals surface area contributed by atoms with Crippen molar-refractivity contribution in [1.29, 1.82) is 0 Å². The molecule has 0 radical (unpaired) electrons. The van der Waals surface area contributed by atoms with Gasteiger partial charge < -0.3 is 5.21 Å². The van der Waals surface area contributed by atoms with Gasteiger partial charge in [-0.1, -0.05) is 30.3 Å². The van der Waals surface area contributed by atoms with Crippen LogP contribution in [0.1, 0.15) is 22.7 Å². The van der Waals surface area contributed by atoms with Gasteiger partial charge in [0.25, 0.3) is 0 Å². The number of hydrogen-bond donors (Lipinski definition) is 2. The van der Waals surface area contributed by atoms with Crippen molar-refractivity contribution in [2.45, 2.75) is 19.0 Å². The topological polar surface area (TPSA) is 82.5 Å². The van der Waals surface area contributed by atoms with E-state index in [0.29, 0.717) is 25.1 Å². The van der Waals surface area contributed by atoms with Crippen molar-refractivity contribution in [3.63, 3.8) is 0 Å². The molecule has 1 aliphatic rings. The van der Waals surface area contributed by atoms with Crippen molar-refractivity contribution in [1.82, 2.24) is 14.8 Å². The summed E-state index contributed by atoms with van der Waals surface area (Å²) < 4.78 is 26.9. The van der Waals surface area contributed by atoms with Crippen LogP contribution in [0.3, 0.4) is 0 Å². The van der Waals surface area contributed by atoms with Crippen molar-refractivity contribution in [3.05, 3.63) is 65.5 Å². The first-order chi connectivity index (χ1) is 11.1. The monoisotopic (exact) mass is 333 g/mol. The molecule has 23 heavy (non-hydrogen) atoms. The van der Waals surface area contributed by atoms with Crippen LogP contribution in [0, 0.1) is 0 Å². The maximum absolute atomic E-state index is 12.7. The normalized spacial score (nSPS) is 16.7. The molecule has 0 fully saturated rings. The highest BCUT2D eigenvalue weighted by Crippen LogP contribution is 2.23. The summed E-state index contributed by atoms with van der Waals surface area (Å²) in [5.41, 5.74) is 4.96. The van der Waals surface area contributed by atoms with Gasteiger partial charge in [-0.25, -0.2) is 8.42 Å². The summed E-state index contributed by atoms with van der Waals surface area (Å²) in [6, 6.07) is 10.6. The lowest BCUT2D eigenvalue weighted by Crippen LogP contribution is -2.40. The predicted octanol–water partition coefficient (Wildman–Crippen LogP) is 1.49. The number of sulfonamides is 1. The molecule has 6 nitrogen and oxygen atoms in total. The molecular weight excluding hydrogens is 314 g/mol. The zero-order chi connectivity index (χ0) is 16.3. The lowest BCUT2D eigenvalue weighted by molar-refractivity contribution is 0.133. The van der Waals surface area contributed by atoms with Crippen LogP contribution in [0.25, 0.3) is 0 Å². The van der Waals surface area contributed by atoms with Gasteiger partial charge in [-0.2, -0.15) is 9.79 Å². The van der Waals surface area contributed by atoms with E-state index in [1.165, 1.54) is 9.87 Å².